The number of hydrogen-bond acceptors (Lipinski definition) is 5. The van der Waals surface area contributed by atoms with E-state index in [4.69, 9.17) is 4.74 Å². The number of halogens is 3. The normalized spacial score (nSPS) is 13.8. The molecule has 0 aliphatic carbocycles. The molecule has 208 valence electrons. The van der Waals surface area contributed by atoms with E-state index < -0.39 is 17.8 Å². The van der Waals surface area contributed by atoms with Crippen molar-refractivity contribution in [2.75, 3.05) is 41.8 Å². The molecule has 6 rings (SSSR count). The molecule has 2 amide bonds. The van der Waals surface area contributed by atoms with Gasteiger partial charge in [-0.15, -0.1) is 0 Å². The molecule has 1 fully saturated rings. The first-order chi connectivity index (χ1) is 19.8. The highest BCUT2D eigenvalue weighted by molar-refractivity contribution is 5.99. The van der Waals surface area contributed by atoms with Crippen LogP contribution in [0, 0.1) is 0 Å². The van der Waals surface area contributed by atoms with E-state index in [1.807, 2.05) is 47.1 Å². The van der Waals surface area contributed by atoms with E-state index in [9.17, 15) is 18.0 Å². The van der Waals surface area contributed by atoms with Crippen LogP contribution in [0.25, 0.3) is 28.0 Å². The van der Waals surface area contributed by atoms with Gasteiger partial charge in [0.15, 0.2) is 0 Å². The summed E-state index contributed by atoms with van der Waals surface area (Å²) in [6, 6.07) is 19.0. The van der Waals surface area contributed by atoms with Crippen LogP contribution >= 0.6 is 0 Å². The molecule has 0 radical (unpaired) electrons. The Morgan fingerprint density at radius 3 is 2.29 bits per heavy atom. The van der Waals surface area contributed by atoms with E-state index in [2.05, 4.69) is 31.6 Å². The minimum Gasteiger partial charge on any atom is -0.378 e. The zero-order chi connectivity index (χ0) is 28.4. The Hall–Kier alpha value is -4.90. The monoisotopic (exact) mass is 558 g/mol. The summed E-state index contributed by atoms with van der Waals surface area (Å²) in [7, 11) is 0. The van der Waals surface area contributed by atoms with Gasteiger partial charge in [-0.25, -0.2) is 14.8 Å². The highest BCUT2D eigenvalue weighted by Crippen LogP contribution is 2.31. The number of urea groups is 1. The lowest BCUT2D eigenvalue weighted by Crippen LogP contribution is -2.36. The first kappa shape index (κ1) is 26.3. The lowest BCUT2D eigenvalue weighted by molar-refractivity contribution is -0.137. The number of fused-ring (bicyclic) bond motifs is 1. The average molecular weight is 559 g/mol. The minimum absolute atomic E-state index is 0.0443. The topological polar surface area (TPSA) is 83.8 Å². The van der Waals surface area contributed by atoms with E-state index in [1.54, 1.807) is 18.3 Å². The molecule has 0 bridgehead atoms. The number of aromatic nitrogens is 3. The number of carbonyl (C=O) groups excluding carboxylic acids is 1. The Bertz CT molecular complexity index is 1680. The molecule has 1 aliphatic heterocycles. The highest BCUT2D eigenvalue weighted by Gasteiger charge is 2.30. The fourth-order valence-corrected chi connectivity index (χ4v) is 4.70. The third-order valence-corrected chi connectivity index (χ3v) is 6.82. The van der Waals surface area contributed by atoms with Crippen molar-refractivity contribution in [2.45, 2.75) is 6.18 Å². The molecular formula is C30H25F3N6O2. The van der Waals surface area contributed by atoms with Crippen LogP contribution < -0.4 is 15.5 Å². The maximum atomic E-state index is 12.9. The van der Waals surface area contributed by atoms with Crippen LogP contribution in [0.2, 0.25) is 0 Å². The van der Waals surface area contributed by atoms with Gasteiger partial charge >= 0.3 is 12.2 Å². The molecule has 0 atom stereocenters. The lowest BCUT2D eigenvalue weighted by Gasteiger charge is -2.27. The van der Waals surface area contributed by atoms with Crippen LogP contribution in [-0.4, -0.2) is 46.7 Å². The van der Waals surface area contributed by atoms with Crippen LogP contribution in [0.3, 0.4) is 0 Å². The molecule has 2 N–H and O–H groups in total. The second-order valence-corrected chi connectivity index (χ2v) is 9.53. The molecule has 0 saturated carbocycles. The van der Waals surface area contributed by atoms with Gasteiger partial charge in [-0.1, -0.05) is 18.2 Å². The van der Waals surface area contributed by atoms with Crippen LogP contribution in [0.5, 0.6) is 0 Å². The number of hydrogen-bond donors (Lipinski definition) is 2. The molecular weight excluding hydrogens is 533 g/mol. The van der Waals surface area contributed by atoms with E-state index in [0.717, 1.165) is 59.1 Å². The van der Waals surface area contributed by atoms with Gasteiger partial charge in [0, 0.05) is 48.0 Å². The summed E-state index contributed by atoms with van der Waals surface area (Å²) in [5.74, 6) is 0.937. The van der Waals surface area contributed by atoms with Crippen molar-refractivity contribution in [2.24, 2.45) is 0 Å². The number of anilines is 3. The second-order valence-electron chi connectivity index (χ2n) is 9.53. The maximum absolute atomic E-state index is 12.9. The quantitative estimate of drug-likeness (QED) is 0.255. The van der Waals surface area contributed by atoms with E-state index in [0.29, 0.717) is 18.9 Å². The molecule has 5 aromatic rings. The number of benzene rings is 2. The van der Waals surface area contributed by atoms with Gasteiger partial charge in [0.1, 0.15) is 11.5 Å². The van der Waals surface area contributed by atoms with Gasteiger partial charge < -0.3 is 20.3 Å². The SMILES string of the molecule is O=C(Nc1ccc(-c2cnc3cc(-c4ccc(N5CCOCC5)nc4)ccn23)cc1)Nc1cccc(C(F)(F)F)c1. The predicted molar refractivity (Wildman–Crippen MR) is 151 cm³/mol. The summed E-state index contributed by atoms with van der Waals surface area (Å²) in [6.45, 7) is 3.08. The summed E-state index contributed by atoms with van der Waals surface area (Å²) in [4.78, 5) is 23.8. The molecule has 41 heavy (non-hydrogen) atoms. The van der Waals surface area contributed by atoms with Crippen LogP contribution in [-0.2, 0) is 10.9 Å². The molecule has 8 nitrogen and oxygen atoms in total. The highest BCUT2D eigenvalue weighted by atomic mass is 19.4. The zero-order valence-electron chi connectivity index (χ0n) is 21.7. The molecule has 0 unspecified atom stereocenters. The Kier molecular flexibility index (Phi) is 7.02. The number of alkyl halides is 3. The van der Waals surface area contributed by atoms with Crippen molar-refractivity contribution in [1.29, 1.82) is 0 Å². The summed E-state index contributed by atoms with van der Waals surface area (Å²) < 4.78 is 46.2. The lowest BCUT2D eigenvalue weighted by atomic mass is 10.1. The van der Waals surface area contributed by atoms with Gasteiger partial charge in [-0.05, 0) is 60.2 Å². The van der Waals surface area contributed by atoms with Crippen LogP contribution in [0.4, 0.5) is 35.2 Å². The van der Waals surface area contributed by atoms with Gasteiger partial charge in [0.05, 0.1) is 30.7 Å². The Morgan fingerprint density at radius 2 is 1.56 bits per heavy atom. The molecule has 1 aliphatic rings. The minimum atomic E-state index is -4.49. The number of pyridine rings is 2. The number of nitrogens with one attached hydrogen (secondary N) is 2. The van der Waals surface area contributed by atoms with E-state index in [-0.39, 0.29) is 5.69 Å². The van der Waals surface area contributed by atoms with E-state index in [1.165, 1.54) is 12.1 Å². The summed E-state index contributed by atoms with van der Waals surface area (Å²) in [5.41, 5.74) is 4.22. The number of imidazole rings is 1. The largest absolute Gasteiger partial charge is 0.416 e. The van der Waals surface area contributed by atoms with Gasteiger partial charge in [0.25, 0.3) is 0 Å². The van der Waals surface area contributed by atoms with Crippen molar-refractivity contribution >= 4 is 28.9 Å². The van der Waals surface area contributed by atoms with Gasteiger partial charge in [0.2, 0.25) is 0 Å². The second kappa shape index (κ2) is 10.9. The standard InChI is InChI=1S/C30H25F3N6O2/c31-30(32,33)23-2-1-3-25(17-23)37-29(40)36-24-7-4-20(5-8-24)26-19-35-28-16-21(10-11-39(26)28)22-6-9-27(34-18-22)38-12-14-41-15-13-38/h1-11,16-19H,12-15H2,(H2,36,37,40). The first-order valence-corrected chi connectivity index (χ1v) is 13.0. The number of rotatable bonds is 5. The predicted octanol–water partition coefficient (Wildman–Crippen LogP) is 6.56. The van der Waals surface area contributed by atoms with Gasteiger partial charge in [-0.2, -0.15) is 13.2 Å². The average Bonchev–Trinajstić information content (AvgIpc) is 3.41. The molecule has 2 aromatic carbocycles. The molecule has 3 aromatic heterocycles. The van der Waals surface area contributed by atoms with Crippen molar-refractivity contribution in [3.63, 3.8) is 0 Å². The van der Waals surface area contributed by atoms with Crippen molar-refractivity contribution in [3.05, 3.63) is 97.0 Å². The maximum Gasteiger partial charge on any atom is 0.416 e. The number of morpholine rings is 1. The number of amides is 2. The molecule has 4 heterocycles. The van der Waals surface area contributed by atoms with Crippen molar-refractivity contribution in [3.8, 4) is 22.4 Å². The van der Waals surface area contributed by atoms with Crippen LogP contribution in [0.15, 0.2) is 91.4 Å². The molecule has 0 spiro atoms. The zero-order valence-corrected chi connectivity index (χ0v) is 21.7. The van der Waals surface area contributed by atoms with E-state index >= 15 is 0 Å². The number of nitrogens with zero attached hydrogens (tertiary/aromatic N) is 4. The first-order valence-electron chi connectivity index (χ1n) is 13.0. The van der Waals surface area contributed by atoms with Crippen molar-refractivity contribution < 1.29 is 22.7 Å². The number of ether oxygens (including phenoxy) is 1. The fraction of sp³-hybridized carbons (Fsp3) is 0.167. The third kappa shape index (κ3) is 5.85. The van der Waals surface area contributed by atoms with Gasteiger partial charge in [-0.3, -0.25) is 4.40 Å². The molecule has 11 heteroatoms. The molecule has 1 saturated heterocycles. The number of carbonyl (C=O) groups is 1. The Morgan fingerprint density at radius 1 is 0.805 bits per heavy atom. The summed E-state index contributed by atoms with van der Waals surface area (Å²) in [6.07, 6.45) is 1.12. The smallest absolute Gasteiger partial charge is 0.378 e. The fourth-order valence-electron chi connectivity index (χ4n) is 4.70. The summed E-state index contributed by atoms with van der Waals surface area (Å²) in [5, 5.41) is 5.07. The third-order valence-electron chi connectivity index (χ3n) is 6.82. The summed E-state index contributed by atoms with van der Waals surface area (Å²) >= 11 is 0. The van der Waals surface area contributed by atoms with Crippen LogP contribution in [0.1, 0.15) is 5.56 Å². The Labute approximate surface area is 233 Å². The Balaban J connectivity index is 1.13. The van der Waals surface area contributed by atoms with Crippen molar-refractivity contribution in [1.82, 2.24) is 14.4 Å².